The molecule has 2 fully saturated rings. The van der Waals surface area contributed by atoms with E-state index in [4.69, 9.17) is 0 Å². The standard InChI is InChI=1S/C15H24/c1-2-4-6-14(7-5-3-1)15-10-8-13(12-15)9-11-15/h8,10,13-14H,1-7,9,11-12H2. The summed E-state index contributed by atoms with van der Waals surface area (Å²) in [5.74, 6) is 2.01. The molecule has 0 saturated heterocycles. The van der Waals surface area contributed by atoms with E-state index in [9.17, 15) is 0 Å². The molecule has 2 atom stereocenters. The zero-order valence-corrected chi connectivity index (χ0v) is 9.88. The van der Waals surface area contributed by atoms with E-state index in [1.807, 2.05) is 0 Å². The Bertz CT molecular complexity index is 245. The van der Waals surface area contributed by atoms with E-state index in [0.29, 0.717) is 5.41 Å². The van der Waals surface area contributed by atoms with Crippen LogP contribution in [0, 0.1) is 17.3 Å². The van der Waals surface area contributed by atoms with Crippen molar-refractivity contribution in [1.29, 1.82) is 0 Å². The van der Waals surface area contributed by atoms with E-state index in [0.717, 1.165) is 11.8 Å². The van der Waals surface area contributed by atoms with E-state index in [1.165, 1.54) is 64.2 Å². The summed E-state index contributed by atoms with van der Waals surface area (Å²) < 4.78 is 0. The lowest BCUT2D eigenvalue weighted by Gasteiger charge is -2.35. The molecule has 0 aromatic carbocycles. The van der Waals surface area contributed by atoms with Gasteiger partial charge in [-0.15, -0.1) is 0 Å². The summed E-state index contributed by atoms with van der Waals surface area (Å²) in [7, 11) is 0. The van der Waals surface area contributed by atoms with Crippen LogP contribution in [0.1, 0.15) is 64.2 Å². The Hall–Kier alpha value is -0.260. The van der Waals surface area contributed by atoms with Gasteiger partial charge in [0, 0.05) is 0 Å². The fourth-order valence-electron chi connectivity index (χ4n) is 4.33. The molecule has 0 amide bonds. The summed E-state index contributed by atoms with van der Waals surface area (Å²) in [4.78, 5) is 0. The highest BCUT2D eigenvalue weighted by molar-refractivity contribution is 5.17. The lowest BCUT2D eigenvalue weighted by Crippen LogP contribution is -2.25. The first-order valence-electron chi connectivity index (χ1n) is 7.08. The number of fused-ring (bicyclic) bond motifs is 2. The van der Waals surface area contributed by atoms with Gasteiger partial charge >= 0.3 is 0 Å². The van der Waals surface area contributed by atoms with Crippen LogP contribution in [0.4, 0.5) is 0 Å². The Morgan fingerprint density at radius 3 is 2.13 bits per heavy atom. The molecule has 2 bridgehead atoms. The van der Waals surface area contributed by atoms with E-state index in [2.05, 4.69) is 12.2 Å². The van der Waals surface area contributed by atoms with Crippen LogP contribution >= 0.6 is 0 Å². The molecular weight excluding hydrogens is 180 g/mol. The Morgan fingerprint density at radius 2 is 1.60 bits per heavy atom. The molecule has 3 aliphatic carbocycles. The van der Waals surface area contributed by atoms with Crippen molar-refractivity contribution >= 4 is 0 Å². The van der Waals surface area contributed by atoms with Crippen molar-refractivity contribution in [3.63, 3.8) is 0 Å². The second kappa shape index (κ2) is 3.96. The van der Waals surface area contributed by atoms with Crippen molar-refractivity contribution in [2.45, 2.75) is 64.2 Å². The van der Waals surface area contributed by atoms with Gasteiger partial charge in [0.25, 0.3) is 0 Å². The Labute approximate surface area is 94.1 Å². The third-order valence-corrected chi connectivity index (χ3v) is 5.24. The van der Waals surface area contributed by atoms with Gasteiger partial charge in [-0.2, -0.15) is 0 Å². The van der Waals surface area contributed by atoms with Crippen molar-refractivity contribution in [2.75, 3.05) is 0 Å². The lowest BCUT2D eigenvalue weighted by molar-refractivity contribution is 0.193. The fraction of sp³-hybridized carbons (Fsp3) is 0.867. The number of allylic oxidation sites excluding steroid dienone is 2. The summed E-state index contributed by atoms with van der Waals surface area (Å²) in [5.41, 5.74) is 0.683. The highest BCUT2D eigenvalue weighted by Gasteiger charge is 2.45. The molecule has 0 heterocycles. The van der Waals surface area contributed by atoms with Crippen molar-refractivity contribution in [3.8, 4) is 0 Å². The molecule has 0 spiro atoms. The van der Waals surface area contributed by atoms with Crippen LogP contribution in [-0.2, 0) is 0 Å². The fourth-order valence-corrected chi connectivity index (χ4v) is 4.33. The molecule has 2 unspecified atom stereocenters. The van der Waals surface area contributed by atoms with Crippen LogP contribution in [0.25, 0.3) is 0 Å². The van der Waals surface area contributed by atoms with Gasteiger partial charge in [-0.3, -0.25) is 0 Å². The Kier molecular flexibility index (Phi) is 2.62. The maximum Gasteiger partial charge on any atom is -0.00841 e. The molecule has 0 aromatic heterocycles. The molecule has 15 heavy (non-hydrogen) atoms. The van der Waals surface area contributed by atoms with Crippen LogP contribution in [0.5, 0.6) is 0 Å². The summed E-state index contributed by atoms with van der Waals surface area (Å²) in [5, 5.41) is 0. The van der Waals surface area contributed by atoms with Crippen LogP contribution in [-0.4, -0.2) is 0 Å². The molecule has 0 heteroatoms. The summed E-state index contributed by atoms with van der Waals surface area (Å²) >= 11 is 0. The predicted octanol–water partition coefficient (Wildman–Crippen LogP) is 4.70. The molecule has 2 saturated carbocycles. The molecule has 0 nitrogen and oxygen atoms in total. The van der Waals surface area contributed by atoms with Crippen molar-refractivity contribution in [2.24, 2.45) is 17.3 Å². The maximum atomic E-state index is 2.62. The Balaban J connectivity index is 1.71. The SMILES string of the molecule is C1=CC2(C3CCCCCCC3)CCC1C2. The van der Waals surface area contributed by atoms with E-state index in [1.54, 1.807) is 0 Å². The molecule has 3 aliphatic rings. The van der Waals surface area contributed by atoms with Crippen molar-refractivity contribution in [3.05, 3.63) is 12.2 Å². The van der Waals surface area contributed by atoms with Gasteiger partial charge in [0.05, 0.1) is 0 Å². The van der Waals surface area contributed by atoms with Crippen LogP contribution < -0.4 is 0 Å². The van der Waals surface area contributed by atoms with Gasteiger partial charge < -0.3 is 0 Å². The number of hydrogen-bond donors (Lipinski definition) is 0. The monoisotopic (exact) mass is 204 g/mol. The minimum atomic E-state index is 0.683. The lowest BCUT2D eigenvalue weighted by atomic mass is 9.70. The first kappa shape index (κ1) is 9.93. The first-order chi connectivity index (χ1) is 7.39. The molecule has 0 N–H and O–H groups in total. The zero-order chi connectivity index (χ0) is 10.1. The summed E-state index contributed by atoms with van der Waals surface area (Å²) in [6, 6.07) is 0. The normalized spacial score (nSPS) is 41.7. The molecule has 0 radical (unpaired) electrons. The maximum absolute atomic E-state index is 2.62. The minimum absolute atomic E-state index is 0.683. The van der Waals surface area contributed by atoms with E-state index >= 15 is 0 Å². The number of hydrogen-bond acceptors (Lipinski definition) is 0. The van der Waals surface area contributed by atoms with E-state index in [-0.39, 0.29) is 0 Å². The smallest absolute Gasteiger partial charge is 0.00841 e. The minimum Gasteiger partial charge on any atom is -0.0848 e. The third kappa shape index (κ3) is 1.77. The average molecular weight is 204 g/mol. The van der Waals surface area contributed by atoms with Crippen molar-refractivity contribution < 1.29 is 0 Å². The van der Waals surface area contributed by atoms with Crippen LogP contribution in [0.3, 0.4) is 0 Å². The quantitative estimate of drug-likeness (QED) is 0.543. The molecule has 0 aliphatic heterocycles. The molecule has 0 aromatic rings. The molecule has 84 valence electrons. The summed E-state index contributed by atoms with van der Waals surface area (Å²) in [6.45, 7) is 0. The van der Waals surface area contributed by atoms with E-state index < -0.39 is 0 Å². The van der Waals surface area contributed by atoms with Gasteiger partial charge in [0.15, 0.2) is 0 Å². The molecule has 3 rings (SSSR count). The first-order valence-corrected chi connectivity index (χ1v) is 7.08. The third-order valence-electron chi connectivity index (χ3n) is 5.24. The largest absolute Gasteiger partial charge is 0.0848 e. The second-order valence-electron chi connectivity index (χ2n) is 6.14. The average Bonchev–Trinajstić information content (AvgIpc) is 2.77. The van der Waals surface area contributed by atoms with Crippen LogP contribution in [0.15, 0.2) is 12.2 Å². The predicted molar refractivity (Wildman–Crippen MR) is 64.7 cm³/mol. The zero-order valence-electron chi connectivity index (χ0n) is 9.88. The van der Waals surface area contributed by atoms with Crippen LogP contribution in [0.2, 0.25) is 0 Å². The second-order valence-corrected chi connectivity index (χ2v) is 6.14. The van der Waals surface area contributed by atoms with Gasteiger partial charge in [0.2, 0.25) is 0 Å². The van der Waals surface area contributed by atoms with Crippen molar-refractivity contribution in [1.82, 2.24) is 0 Å². The van der Waals surface area contributed by atoms with Gasteiger partial charge in [-0.1, -0.05) is 44.3 Å². The highest BCUT2D eigenvalue weighted by atomic mass is 14.5. The van der Waals surface area contributed by atoms with Gasteiger partial charge in [-0.05, 0) is 49.4 Å². The summed E-state index contributed by atoms with van der Waals surface area (Å²) in [6.07, 6.45) is 20.2. The topological polar surface area (TPSA) is 0 Å². The molecular formula is C15H24. The highest BCUT2D eigenvalue weighted by Crippen LogP contribution is 2.56. The van der Waals surface area contributed by atoms with Gasteiger partial charge in [-0.25, -0.2) is 0 Å². The Morgan fingerprint density at radius 1 is 0.867 bits per heavy atom. The van der Waals surface area contributed by atoms with Gasteiger partial charge in [0.1, 0.15) is 0 Å². The number of rotatable bonds is 1.